The van der Waals surface area contributed by atoms with Gasteiger partial charge in [-0.15, -0.1) is 0 Å². The minimum atomic E-state index is -0.982. The first-order chi connectivity index (χ1) is 8.08. The van der Waals surface area contributed by atoms with Crippen LogP contribution in [0, 0.1) is 0 Å². The molecule has 3 N–H and O–H groups in total. The number of imidazole rings is 1. The van der Waals surface area contributed by atoms with Gasteiger partial charge >= 0.3 is 11.8 Å². The number of fused-ring (bicyclic) bond motifs is 1. The fraction of sp³-hybridized carbons (Fsp3) is 0.182. The number of aromatic nitrogens is 2. The molecule has 0 fully saturated rings. The Bertz CT molecular complexity index is 588. The molecule has 0 aliphatic rings. The highest BCUT2D eigenvalue weighted by Gasteiger charge is 2.08. The molecule has 0 spiro atoms. The van der Waals surface area contributed by atoms with E-state index in [-0.39, 0.29) is 6.54 Å². The van der Waals surface area contributed by atoms with Crippen LogP contribution in [0.15, 0.2) is 24.5 Å². The first kappa shape index (κ1) is 11.1. The molecular weight excluding hydrogens is 220 g/mol. The second-order valence-electron chi connectivity index (χ2n) is 3.73. The highest BCUT2D eigenvalue weighted by Crippen LogP contribution is 2.13. The van der Waals surface area contributed by atoms with Crippen LogP contribution in [0.5, 0.6) is 0 Å². The van der Waals surface area contributed by atoms with E-state index in [1.807, 2.05) is 29.8 Å². The number of primary amides is 1. The fourth-order valence-electron chi connectivity index (χ4n) is 1.56. The Balaban J connectivity index is 2.14. The largest absolute Gasteiger partial charge is 0.361 e. The Kier molecular flexibility index (Phi) is 2.78. The first-order valence-electron chi connectivity index (χ1n) is 5.05. The molecule has 1 heterocycles. The van der Waals surface area contributed by atoms with Crippen LogP contribution < -0.4 is 11.1 Å². The summed E-state index contributed by atoms with van der Waals surface area (Å²) in [5.74, 6) is -1.77. The van der Waals surface area contributed by atoms with Gasteiger partial charge in [0.15, 0.2) is 0 Å². The topological polar surface area (TPSA) is 90.0 Å². The molecule has 0 aliphatic heterocycles. The molecule has 0 saturated carbocycles. The zero-order valence-corrected chi connectivity index (χ0v) is 9.30. The Morgan fingerprint density at radius 3 is 2.94 bits per heavy atom. The van der Waals surface area contributed by atoms with E-state index in [0.717, 1.165) is 16.6 Å². The summed E-state index contributed by atoms with van der Waals surface area (Å²) < 4.78 is 1.90. The summed E-state index contributed by atoms with van der Waals surface area (Å²) >= 11 is 0. The maximum Gasteiger partial charge on any atom is 0.309 e. The first-order valence-corrected chi connectivity index (χ1v) is 5.05. The number of hydrogen-bond acceptors (Lipinski definition) is 3. The van der Waals surface area contributed by atoms with Gasteiger partial charge in [-0.2, -0.15) is 0 Å². The number of nitrogens with zero attached hydrogens (tertiary/aromatic N) is 2. The minimum absolute atomic E-state index is 0.258. The van der Waals surface area contributed by atoms with Crippen LogP contribution in [-0.2, 0) is 23.2 Å². The number of rotatable bonds is 2. The highest BCUT2D eigenvalue weighted by molar-refractivity contribution is 6.34. The Labute approximate surface area is 97.4 Å². The summed E-state index contributed by atoms with van der Waals surface area (Å²) in [5.41, 5.74) is 7.55. The smallest absolute Gasteiger partial charge is 0.309 e. The third-order valence-corrected chi connectivity index (χ3v) is 2.47. The molecule has 2 aromatic rings. The maximum absolute atomic E-state index is 11.0. The van der Waals surface area contributed by atoms with E-state index in [0.29, 0.717) is 0 Å². The lowest BCUT2D eigenvalue weighted by molar-refractivity contribution is -0.137. The molecule has 17 heavy (non-hydrogen) atoms. The molecule has 6 heteroatoms. The van der Waals surface area contributed by atoms with Gasteiger partial charge in [0.25, 0.3) is 0 Å². The predicted molar refractivity (Wildman–Crippen MR) is 61.8 cm³/mol. The van der Waals surface area contributed by atoms with Crippen LogP contribution in [0.3, 0.4) is 0 Å². The van der Waals surface area contributed by atoms with Crippen LogP contribution >= 0.6 is 0 Å². The fourth-order valence-corrected chi connectivity index (χ4v) is 1.56. The lowest BCUT2D eigenvalue weighted by atomic mass is 10.2. The zero-order chi connectivity index (χ0) is 12.4. The molecule has 6 nitrogen and oxygen atoms in total. The molecule has 2 amide bonds. The monoisotopic (exact) mass is 232 g/mol. The number of benzene rings is 1. The van der Waals surface area contributed by atoms with Crippen LogP contribution in [0.2, 0.25) is 0 Å². The summed E-state index contributed by atoms with van der Waals surface area (Å²) in [7, 11) is 1.91. The molecule has 88 valence electrons. The van der Waals surface area contributed by atoms with Crippen molar-refractivity contribution in [2.75, 3.05) is 0 Å². The summed E-state index contributed by atoms with van der Waals surface area (Å²) in [5, 5.41) is 2.42. The third-order valence-electron chi connectivity index (χ3n) is 2.47. The van der Waals surface area contributed by atoms with Gasteiger partial charge in [0, 0.05) is 13.6 Å². The number of hydrogen-bond donors (Lipinski definition) is 2. The molecular formula is C11H12N4O2. The van der Waals surface area contributed by atoms with Gasteiger partial charge in [0.1, 0.15) is 0 Å². The van der Waals surface area contributed by atoms with Gasteiger partial charge in [-0.25, -0.2) is 4.98 Å². The van der Waals surface area contributed by atoms with E-state index in [4.69, 9.17) is 5.73 Å². The second kappa shape index (κ2) is 4.25. The van der Waals surface area contributed by atoms with Gasteiger partial charge in [-0.1, -0.05) is 6.07 Å². The van der Waals surface area contributed by atoms with Gasteiger partial charge < -0.3 is 15.6 Å². The van der Waals surface area contributed by atoms with Crippen LogP contribution in [0.4, 0.5) is 0 Å². The van der Waals surface area contributed by atoms with Crippen molar-refractivity contribution in [1.29, 1.82) is 0 Å². The van der Waals surface area contributed by atoms with E-state index in [9.17, 15) is 9.59 Å². The number of nitrogens with two attached hydrogens (primary N) is 1. The van der Waals surface area contributed by atoms with E-state index >= 15 is 0 Å². The zero-order valence-electron chi connectivity index (χ0n) is 9.30. The lowest BCUT2D eigenvalue weighted by Gasteiger charge is -2.03. The molecule has 0 radical (unpaired) electrons. The quantitative estimate of drug-likeness (QED) is 0.695. The van der Waals surface area contributed by atoms with E-state index in [1.165, 1.54) is 0 Å². The van der Waals surface area contributed by atoms with Crippen molar-refractivity contribution in [3.05, 3.63) is 30.1 Å². The van der Waals surface area contributed by atoms with Crippen LogP contribution in [-0.4, -0.2) is 21.4 Å². The summed E-state index contributed by atoms with van der Waals surface area (Å²) in [6.07, 6.45) is 1.72. The number of amides is 2. The Morgan fingerprint density at radius 1 is 1.47 bits per heavy atom. The van der Waals surface area contributed by atoms with Gasteiger partial charge in [0.2, 0.25) is 0 Å². The average molecular weight is 232 g/mol. The molecule has 0 aliphatic carbocycles. The second-order valence-corrected chi connectivity index (χ2v) is 3.73. The maximum atomic E-state index is 11.0. The normalized spacial score (nSPS) is 10.4. The van der Waals surface area contributed by atoms with Gasteiger partial charge in [-0.05, 0) is 17.7 Å². The lowest BCUT2D eigenvalue weighted by Crippen LogP contribution is -2.35. The van der Waals surface area contributed by atoms with Crippen molar-refractivity contribution in [3.63, 3.8) is 0 Å². The van der Waals surface area contributed by atoms with Crippen molar-refractivity contribution < 1.29 is 9.59 Å². The number of carbonyl (C=O) groups is 2. The Hall–Kier alpha value is -2.37. The van der Waals surface area contributed by atoms with Crippen molar-refractivity contribution in [2.45, 2.75) is 6.54 Å². The molecule has 0 saturated heterocycles. The Morgan fingerprint density at radius 2 is 2.24 bits per heavy atom. The predicted octanol–water partition coefficient (Wildman–Crippen LogP) is -0.325. The third kappa shape index (κ3) is 2.25. The van der Waals surface area contributed by atoms with Crippen molar-refractivity contribution in [2.24, 2.45) is 12.8 Å². The van der Waals surface area contributed by atoms with Gasteiger partial charge in [0.05, 0.1) is 17.4 Å². The SMILES string of the molecule is Cn1cnc2cc(CNC(=O)C(N)=O)ccc21. The van der Waals surface area contributed by atoms with Crippen molar-refractivity contribution >= 4 is 22.8 Å². The molecule has 2 rings (SSSR count). The standard InChI is InChI=1S/C11H12N4O2/c1-15-6-14-8-4-7(2-3-9(8)15)5-13-11(17)10(12)16/h2-4,6H,5H2,1H3,(H2,12,16)(H,13,17). The number of aryl methyl sites for hydroxylation is 1. The summed E-state index contributed by atoms with van der Waals surface area (Å²) in [6, 6.07) is 5.63. The van der Waals surface area contributed by atoms with E-state index in [1.54, 1.807) is 6.33 Å². The summed E-state index contributed by atoms with van der Waals surface area (Å²) in [6.45, 7) is 0.258. The van der Waals surface area contributed by atoms with Crippen molar-refractivity contribution in [3.8, 4) is 0 Å². The molecule has 0 unspecified atom stereocenters. The van der Waals surface area contributed by atoms with E-state index in [2.05, 4.69) is 10.3 Å². The number of carbonyl (C=O) groups excluding carboxylic acids is 2. The van der Waals surface area contributed by atoms with Crippen molar-refractivity contribution in [1.82, 2.24) is 14.9 Å². The molecule has 0 atom stereocenters. The van der Waals surface area contributed by atoms with E-state index < -0.39 is 11.8 Å². The molecule has 1 aromatic carbocycles. The summed E-state index contributed by atoms with van der Waals surface area (Å²) in [4.78, 5) is 25.7. The highest BCUT2D eigenvalue weighted by atomic mass is 16.2. The minimum Gasteiger partial charge on any atom is -0.361 e. The average Bonchev–Trinajstić information content (AvgIpc) is 2.67. The van der Waals surface area contributed by atoms with Crippen LogP contribution in [0.25, 0.3) is 11.0 Å². The van der Waals surface area contributed by atoms with Gasteiger partial charge in [-0.3, -0.25) is 9.59 Å². The molecule has 1 aromatic heterocycles. The van der Waals surface area contributed by atoms with Crippen LogP contribution in [0.1, 0.15) is 5.56 Å². The molecule has 0 bridgehead atoms. The number of nitrogens with one attached hydrogen (secondary N) is 1.